The van der Waals surface area contributed by atoms with Crippen molar-refractivity contribution in [2.75, 3.05) is 11.9 Å². The van der Waals surface area contributed by atoms with Crippen LogP contribution in [0.2, 0.25) is 0 Å². The van der Waals surface area contributed by atoms with Gasteiger partial charge in [0.25, 0.3) is 5.91 Å². The molecule has 0 fully saturated rings. The van der Waals surface area contributed by atoms with Crippen LogP contribution in [0.15, 0.2) is 58.9 Å². The van der Waals surface area contributed by atoms with E-state index in [1.165, 1.54) is 29.2 Å². The van der Waals surface area contributed by atoms with Crippen LogP contribution in [-0.2, 0) is 21.9 Å². The third-order valence-corrected chi connectivity index (χ3v) is 5.33. The summed E-state index contributed by atoms with van der Waals surface area (Å²) in [6.45, 7) is 0.306. The highest BCUT2D eigenvalue weighted by Gasteiger charge is 2.10. The van der Waals surface area contributed by atoms with Gasteiger partial charge in [0.15, 0.2) is 4.34 Å². The average Bonchev–Trinajstić information content (AvgIpc) is 3.09. The fourth-order valence-corrected chi connectivity index (χ4v) is 3.82. The highest BCUT2D eigenvalue weighted by atomic mass is 32.2. The van der Waals surface area contributed by atoms with Gasteiger partial charge in [0.2, 0.25) is 5.13 Å². The first-order chi connectivity index (χ1) is 12.7. The zero-order valence-electron chi connectivity index (χ0n) is 13.7. The lowest BCUT2D eigenvalue weighted by atomic mass is 10.2. The molecule has 0 saturated carbocycles. The van der Waals surface area contributed by atoms with E-state index >= 15 is 0 Å². The Hall–Kier alpha value is -2.29. The lowest BCUT2D eigenvalue weighted by molar-refractivity contribution is -0.121. The quantitative estimate of drug-likeness (QED) is 0.464. The number of nitrogens with zero attached hydrogens (tertiary/aromatic N) is 2. The molecule has 5 nitrogen and oxygen atoms in total. The first-order valence-electron chi connectivity index (χ1n) is 7.82. The molecule has 0 saturated heterocycles. The van der Waals surface area contributed by atoms with Crippen LogP contribution in [0.3, 0.4) is 0 Å². The van der Waals surface area contributed by atoms with Crippen molar-refractivity contribution in [2.24, 2.45) is 0 Å². The van der Waals surface area contributed by atoms with E-state index in [0.717, 1.165) is 5.56 Å². The van der Waals surface area contributed by atoms with E-state index in [4.69, 9.17) is 4.74 Å². The fourth-order valence-electron chi connectivity index (χ4n) is 2.06. The molecule has 2 aromatic carbocycles. The number of hydrogen-bond donors (Lipinski definition) is 1. The lowest BCUT2D eigenvalue weighted by Crippen LogP contribution is -2.18. The van der Waals surface area contributed by atoms with E-state index in [9.17, 15) is 9.18 Å². The Kier molecular flexibility index (Phi) is 6.70. The average molecular weight is 389 g/mol. The van der Waals surface area contributed by atoms with Gasteiger partial charge < -0.3 is 4.74 Å². The summed E-state index contributed by atoms with van der Waals surface area (Å²) in [7, 11) is 0. The Morgan fingerprint density at radius 2 is 1.88 bits per heavy atom. The van der Waals surface area contributed by atoms with Crippen molar-refractivity contribution in [3.8, 4) is 0 Å². The van der Waals surface area contributed by atoms with Crippen LogP contribution < -0.4 is 5.32 Å². The molecule has 134 valence electrons. The molecule has 0 radical (unpaired) electrons. The summed E-state index contributed by atoms with van der Waals surface area (Å²) < 4.78 is 19.6. The molecule has 8 heteroatoms. The minimum Gasteiger partial charge on any atom is -0.367 e. The largest absolute Gasteiger partial charge is 0.367 e. The number of anilines is 1. The van der Waals surface area contributed by atoms with Gasteiger partial charge in [-0.3, -0.25) is 10.1 Å². The van der Waals surface area contributed by atoms with Gasteiger partial charge in [0.1, 0.15) is 12.4 Å². The lowest BCUT2D eigenvalue weighted by Gasteiger charge is -2.03. The number of rotatable bonds is 8. The van der Waals surface area contributed by atoms with Gasteiger partial charge in [-0.05, 0) is 17.2 Å². The van der Waals surface area contributed by atoms with E-state index < -0.39 is 0 Å². The minimum atomic E-state index is -0.289. The van der Waals surface area contributed by atoms with Crippen LogP contribution >= 0.6 is 23.1 Å². The summed E-state index contributed by atoms with van der Waals surface area (Å²) in [5, 5.41) is 11.0. The van der Waals surface area contributed by atoms with Crippen LogP contribution in [0.25, 0.3) is 0 Å². The number of ether oxygens (including phenoxy) is 1. The van der Waals surface area contributed by atoms with Crippen molar-refractivity contribution in [3.05, 3.63) is 71.5 Å². The monoisotopic (exact) mass is 389 g/mol. The smallest absolute Gasteiger partial charge is 0.252 e. The van der Waals surface area contributed by atoms with Crippen LogP contribution in [0, 0.1) is 5.82 Å². The van der Waals surface area contributed by atoms with E-state index in [-0.39, 0.29) is 18.3 Å². The van der Waals surface area contributed by atoms with Gasteiger partial charge in [-0.1, -0.05) is 71.6 Å². The normalized spacial score (nSPS) is 10.7. The predicted molar refractivity (Wildman–Crippen MR) is 101 cm³/mol. The molecular formula is C18H16FN3O2S2. The molecule has 0 aliphatic heterocycles. The van der Waals surface area contributed by atoms with Crippen molar-refractivity contribution >= 4 is 34.1 Å². The Labute approximate surface area is 158 Å². The van der Waals surface area contributed by atoms with Gasteiger partial charge in [-0.25, -0.2) is 4.39 Å². The van der Waals surface area contributed by atoms with Gasteiger partial charge in [-0.2, -0.15) is 0 Å². The number of benzene rings is 2. The third-order valence-electron chi connectivity index (χ3n) is 3.31. The number of nitrogens with one attached hydrogen (secondary N) is 1. The third kappa shape index (κ3) is 5.62. The maximum absolute atomic E-state index is 13.6. The van der Waals surface area contributed by atoms with Gasteiger partial charge >= 0.3 is 0 Å². The fraction of sp³-hybridized carbons (Fsp3) is 0.167. The highest BCUT2D eigenvalue weighted by molar-refractivity contribution is 8.00. The first-order valence-corrected chi connectivity index (χ1v) is 9.62. The van der Waals surface area contributed by atoms with Crippen LogP contribution in [0.4, 0.5) is 9.52 Å². The second kappa shape index (κ2) is 9.42. The molecule has 0 bridgehead atoms. The summed E-state index contributed by atoms with van der Waals surface area (Å²) in [5.41, 5.74) is 1.61. The van der Waals surface area contributed by atoms with E-state index in [2.05, 4.69) is 15.5 Å². The standard InChI is InChI=1S/C18H16FN3O2S2/c19-15-9-5-4-8-14(15)12-25-18-22-21-17(26-18)20-16(23)11-24-10-13-6-2-1-3-7-13/h1-9H,10-12H2,(H,20,21,23). The number of thioether (sulfide) groups is 1. The zero-order valence-corrected chi connectivity index (χ0v) is 15.4. The SMILES string of the molecule is O=C(COCc1ccccc1)Nc1nnc(SCc2ccccc2F)s1. The Morgan fingerprint density at radius 3 is 2.69 bits per heavy atom. The summed E-state index contributed by atoms with van der Waals surface area (Å²) in [6.07, 6.45) is 0. The van der Waals surface area contributed by atoms with Gasteiger partial charge in [-0.15, -0.1) is 10.2 Å². The Bertz CT molecular complexity index is 858. The minimum absolute atomic E-state index is 0.0633. The van der Waals surface area contributed by atoms with Crippen molar-refractivity contribution in [1.29, 1.82) is 0 Å². The number of hydrogen-bond acceptors (Lipinski definition) is 6. The van der Waals surface area contributed by atoms with E-state index in [1.54, 1.807) is 18.2 Å². The predicted octanol–water partition coefficient (Wildman–Crippen LogP) is 4.12. The molecule has 3 rings (SSSR count). The summed E-state index contributed by atoms with van der Waals surface area (Å²) in [4.78, 5) is 11.9. The zero-order chi connectivity index (χ0) is 18.2. The van der Waals surface area contributed by atoms with Crippen molar-refractivity contribution in [2.45, 2.75) is 16.7 Å². The maximum Gasteiger partial charge on any atom is 0.252 e. The van der Waals surface area contributed by atoms with E-state index in [0.29, 0.717) is 27.4 Å². The number of carbonyl (C=O) groups excluding carboxylic acids is 1. The second-order valence-electron chi connectivity index (χ2n) is 5.28. The molecule has 1 amide bonds. The number of amides is 1. The van der Waals surface area contributed by atoms with Crippen molar-refractivity contribution in [3.63, 3.8) is 0 Å². The summed E-state index contributed by atoms with van der Waals surface area (Å²) >= 11 is 2.62. The molecule has 0 aliphatic rings. The van der Waals surface area contributed by atoms with E-state index in [1.807, 2.05) is 30.3 Å². The summed E-state index contributed by atoms with van der Waals surface area (Å²) in [6, 6.07) is 16.2. The van der Waals surface area contributed by atoms with Crippen LogP contribution in [0.5, 0.6) is 0 Å². The Balaban J connectivity index is 1.43. The molecule has 3 aromatic rings. The van der Waals surface area contributed by atoms with Crippen molar-refractivity contribution in [1.82, 2.24) is 10.2 Å². The molecule has 0 spiro atoms. The second-order valence-corrected chi connectivity index (χ2v) is 7.48. The number of carbonyl (C=O) groups is 1. The first kappa shape index (κ1) is 18.5. The molecule has 1 heterocycles. The van der Waals surface area contributed by atoms with Crippen LogP contribution in [0.1, 0.15) is 11.1 Å². The highest BCUT2D eigenvalue weighted by Crippen LogP contribution is 2.28. The Morgan fingerprint density at radius 1 is 1.12 bits per heavy atom. The molecule has 0 atom stereocenters. The van der Waals surface area contributed by atoms with Crippen molar-refractivity contribution < 1.29 is 13.9 Å². The molecule has 0 aliphatic carbocycles. The number of halogens is 1. The number of aromatic nitrogens is 2. The van der Waals surface area contributed by atoms with Gasteiger partial charge in [0, 0.05) is 5.75 Å². The molecule has 1 aromatic heterocycles. The topological polar surface area (TPSA) is 64.1 Å². The summed E-state index contributed by atoms with van der Waals surface area (Å²) in [5.74, 6) is -0.0774. The van der Waals surface area contributed by atoms with Gasteiger partial charge in [0.05, 0.1) is 6.61 Å². The maximum atomic E-state index is 13.6. The molecule has 0 unspecified atom stereocenters. The molecule has 1 N–H and O–H groups in total. The molecule has 26 heavy (non-hydrogen) atoms. The van der Waals surface area contributed by atoms with Crippen LogP contribution in [-0.4, -0.2) is 22.7 Å². The molecular weight excluding hydrogens is 373 g/mol.